The molecule has 0 saturated carbocycles. The molecule has 3 nitrogen and oxygen atoms in total. The van der Waals surface area contributed by atoms with Crippen LogP contribution in [0, 0.1) is 11.3 Å². The van der Waals surface area contributed by atoms with Crippen LogP contribution in [0.1, 0.15) is 5.56 Å². The number of hydrogen-bond donors (Lipinski definition) is 0. The Kier molecular flexibility index (Phi) is 3.04. The van der Waals surface area contributed by atoms with Crippen LogP contribution in [-0.2, 0) is 0 Å². The number of benzene rings is 1. The van der Waals surface area contributed by atoms with E-state index >= 15 is 0 Å². The van der Waals surface area contributed by atoms with Crippen molar-refractivity contribution in [3.05, 3.63) is 46.5 Å². The predicted octanol–water partition coefficient (Wildman–Crippen LogP) is 3.32. The Bertz CT molecular complexity index is 558. The first-order chi connectivity index (χ1) is 7.70. The molecular formula is C11H5Cl2N3. The standard InChI is InChI=1S/C11H5Cl2N3/c12-9-1-2-10(7(3-9)4-14)8-5-15-11(13)16-6-8/h1-3,5-6H. The highest BCUT2D eigenvalue weighted by atomic mass is 35.5. The Morgan fingerprint density at radius 2 is 1.81 bits per heavy atom. The van der Waals surface area contributed by atoms with Gasteiger partial charge in [-0.05, 0) is 23.7 Å². The van der Waals surface area contributed by atoms with Gasteiger partial charge in [-0.25, -0.2) is 9.97 Å². The van der Waals surface area contributed by atoms with Gasteiger partial charge >= 0.3 is 0 Å². The Hall–Kier alpha value is -1.63. The van der Waals surface area contributed by atoms with Gasteiger partial charge in [0.05, 0.1) is 11.6 Å². The maximum Gasteiger partial charge on any atom is 0.222 e. The van der Waals surface area contributed by atoms with E-state index in [0.29, 0.717) is 10.6 Å². The molecule has 0 atom stereocenters. The largest absolute Gasteiger partial charge is 0.226 e. The van der Waals surface area contributed by atoms with E-state index in [1.165, 1.54) is 0 Å². The van der Waals surface area contributed by atoms with Gasteiger partial charge in [0, 0.05) is 28.5 Å². The van der Waals surface area contributed by atoms with Crippen LogP contribution in [0.5, 0.6) is 0 Å². The zero-order chi connectivity index (χ0) is 11.5. The van der Waals surface area contributed by atoms with Crippen LogP contribution in [0.25, 0.3) is 11.1 Å². The lowest BCUT2D eigenvalue weighted by Crippen LogP contribution is -1.88. The molecule has 2 rings (SSSR count). The number of rotatable bonds is 1. The van der Waals surface area contributed by atoms with E-state index < -0.39 is 0 Å². The summed E-state index contributed by atoms with van der Waals surface area (Å²) in [7, 11) is 0. The Labute approximate surface area is 102 Å². The summed E-state index contributed by atoms with van der Waals surface area (Å²) in [6.45, 7) is 0. The van der Waals surface area contributed by atoms with Crippen molar-refractivity contribution >= 4 is 23.2 Å². The van der Waals surface area contributed by atoms with E-state index in [4.69, 9.17) is 28.5 Å². The maximum absolute atomic E-state index is 8.98. The lowest BCUT2D eigenvalue weighted by Gasteiger charge is -2.03. The second-order valence-corrected chi connectivity index (χ2v) is 3.82. The van der Waals surface area contributed by atoms with Gasteiger partial charge in [-0.1, -0.05) is 17.7 Å². The lowest BCUT2D eigenvalue weighted by atomic mass is 10.0. The van der Waals surface area contributed by atoms with Crippen LogP contribution in [0.2, 0.25) is 10.3 Å². The van der Waals surface area contributed by atoms with Crippen molar-refractivity contribution < 1.29 is 0 Å². The Balaban J connectivity index is 2.56. The Morgan fingerprint density at radius 1 is 1.12 bits per heavy atom. The van der Waals surface area contributed by atoms with Crippen molar-refractivity contribution in [2.45, 2.75) is 0 Å². The van der Waals surface area contributed by atoms with Crippen molar-refractivity contribution in [3.8, 4) is 17.2 Å². The van der Waals surface area contributed by atoms with Crippen LogP contribution in [0.4, 0.5) is 0 Å². The van der Waals surface area contributed by atoms with Crippen LogP contribution < -0.4 is 0 Å². The minimum absolute atomic E-state index is 0.177. The summed E-state index contributed by atoms with van der Waals surface area (Å²) >= 11 is 11.4. The topological polar surface area (TPSA) is 49.6 Å². The molecule has 0 fully saturated rings. The third kappa shape index (κ3) is 2.13. The number of halogens is 2. The fourth-order valence-corrected chi connectivity index (χ4v) is 1.58. The van der Waals surface area contributed by atoms with Gasteiger partial charge < -0.3 is 0 Å². The van der Waals surface area contributed by atoms with Crippen molar-refractivity contribution in [2.24, 2.45) is 0 Å². The molecular weight excluding hydrogens is 245 g/mol. The van der Waals surface area contributed by atoms with Crippen LogP contribution >= 0.6 is 23.2 Å². The van der Waals surface area contributed by atoms with Crippen LogP contribution in [0.3, 0.4) is 0 Å². The molecule has 0 saturated heterocycles. The molecule has 0 aliphatic carbocycles. The minimum Gasteiger partial charge on any atom is -0.226 e. The first kappa shape index (κ1) is 10.9. The highest BCUT2D eigenvalue weighted by molar-refractivity contribution is 6.30. The van der Waals surface area contributed by atoms with Gasteiger partial charge in [0.25, 0.3) is 0 Å². The van der Waals surface area contributed by atoms with Crippen LogP contribution in [-0.4, -0.2) is 9.97 Å². The molecule has 0 spiro atoms. The summed E-state index contributed by atoms with van der Waals surface area (Å²) in [5.74, 6) is 0. The average Bonchev–Trinajstić information content (AvgIpc) is 2.30. The fourth-order valence-electron chi connectivity index (χ4n) is 1.31. The normalized spacial score (nSPS) is 9.81. The molecule has 1 aromatic carbocycles. The van der Waals surface area contributed by atoms with E-state index in [1.54, 1.807) is 30.6 Å². The van der Waals surface area contributed by atoms with Gasteiger partial charge in [0.2, 0.25) is 5.28 Å². The quantitative estimate of drug-likeness (QED) is 0.729. The SMILES string of the molecule is N#Cc1cc(Cl)ccc1-c1cnc(Cl)nc1. The second-order valence-electron chi connectivity index (χ2n) is 3.04. The Morgan fingerprint density at radius 3 is 2.44 bits per heavy atom. The van der Waals surface area contributed by atoms with E-state index in [1.807, 2.05) is 0 Å². The van der Waals surface area contributed by atoms with Crippen LogP contribution in [0.15, 0.2) is 30.6 Å². The molecule has 2 aromatic rings. The van der Waals surface area contributed by atoms with Crippen molar-refractivity contribution in [1.82, 2.24) is 9.97 Å². The monoisotopic (exact) mass is 249 g/mol. The van der Waals surface area contributed by atoms with E-state index in [0.717, 1.165) is 11.1 Å². The fraction of sp³-hybridized carbons (Fsp3) is 0. The van der Waals surface area contributed by atoms with E-state index in [9.17, 15) is 0 Å². The van der Waals surface area contributed by atoms with Crippen molar-refractivity contribution in [3.63, 3.8) is 0 Å². The first-order valence-corrected chi connectivity index (χ1v) is 5.14. The van der Waals surface area contributed by atoms with E-state index in [-0.39, 0.29) is 5.28 Å². The highest BCUT2D eigenvalue weighted by Gasteiger charge is 2.06. The maximum atomic E-state index is 8.98. The molecule has 78 valence electrons. The third-order valence-electron chi connectivity index (χ3n) is 2.03. The molecule has 16 heavy (non-hydrogen) atoms. The predicted molar refractivity (Wildman–Crippen MR) is 62.2 cm³/mol. The molecule has 0 aliphatic heterocycles. The third-order valence-corrected chi connectivity index (χ3v) is 2.46. The second kappa shape index (κ2) is 4.48. The van der Waals surface area contributed by atoms with Crippen molar-refractivity contribution in [2.75, 3.05) is 0 Å². The van der Waals surface area contributed by atoms with Gasteiger partial charge in [0.1, 0.15) is 0 Å². The molecule has 1 aromatic heterocycles. The number of nitrogens with zero attached hydrogens (tertiary/aromatic N) is 3. The summed E-state index contributed by atoms with van der Waals surface area (Å²) in [5, 5.41) is 9.68. The number of hydrogen-bond acceptors (Lipinski definition) is 3. The molecule has 0 amide bonds. The minimum atomic E-state index is 0.177. The molecule has 0 aliphatic rings. The average molecular weight is 250 g/mol. The summed E-state index contributed by atoms with van der Waals surface area (Å²) < 4.78 is 0. The van der Waals surface area contributed by atoms with Gasteiger partial charge in [-0.2, -0.15) is 5.26 Å². The lowest BCUT2D eigenvalue weighted by molar-refractivity contribution is 1.17. The summed E-state index contributed by atoms with van der Waals surface area (Å²) in [5.41, 5.74) is 1.96. The molecule has 0 radical (unpaired) electrons. The highest BCUT2D eigenvalue weighted by Crippen LogP contribution is 2.25. The molecule has 0 bridgehead atoms. The zero-order valence-electron chi connectivity index (χ0n) is 7.98. The van der Waals surface area contributed by atoms with Gasteiger partial charge in [-0.15, -0.1) is 0 Å². The van der Waals surface area contributed by atoms with E-state index in [2.05, 4.69) is 16.0 Å². The van der Waals surface area contributed by atoms with Gasteiger partial charge in [-0.3, -0.25) is 0 Å². The molecule has 0 unspecified atom stereocenters. The van der Waals surface area contributed by atoms with Gasteiger partial charge in [0.15, 0.2) is 0 Å². The first-order valence-electron chi connectivity index (χ1n) is 4.38. The molecule has 1 heterocycles. The molecule has 5 heteroatoms. The summed E-state index contributed by atoms with van der Waals surface area (Å²) in [6, 6.07) is 7.15. The van der Waals surface area contributed by atoms with Crippen molar-refractivity contribution in [1.29, 1.82) is 5.26 Å². The zero-order valence-corrected chi connectivity index (χ0v) is 9.50. The number of nitriles is 1. The summed E-state index contributed by atoms with van der Waals surface area (Å²) in [4.78, 5) is 7.73. The summed E-state index contributed by atoms with van der Waals surface area (Å²) in [6.07, 6.45) is 3.14. The molecule has 0 N–H and O–H groups in total. The number of aromatic nitrogens is 2. The smallest absolute Gasteiger partial charge is 0.222 e.